The number of hydrogen-bond acceptors (Lipinski definition) is 4. The molecule has 1 aliphatic heterocycles. The van der Waals surface area contributed by atoms with Crippen LogP contribution in [0.4, 0.5) is 0 Å². The van der Waals surface area contributed by atoms with E-state index in [-0.39, 0.29) is 18.0 Å². The fraction of sp³-hybridized carbons (Fsp3) is 0.667. The van der Waals surface area contributed by atoms with Crippen LogP contribution < -0.4 is 0 Å². The van der Waals surface area contributed by atoms with Crippen LogP contribution in [-0.4, -0.2) is 35.0 Å². The molecule has 2 rings (SSSR count). The number of sulfone groups is 1. The molecule has 0 amide bonds. The number of Topliss-reactive ketones (excluding diaryl/α,β-unsaturated/α-hetero) is 1. The standard InChI is InChI=1S/C12H17BrN2O3S/c1-8-12(13)9(15(2)14-8)7-10(16)11-5-3-4-6-19(11,17)18/h11H,3-7H2,1-2H3. The third-order valence-electron chi connectivity index (χ3n) is 3.54. The molecule has 0 aliphatic carbocycles. The summed E-state index contributed by atoms with van der Waals surface area (Å²) in [6.07, 6.45) is 2.04. The molecule has 7 heteroatoms. The summed E-state index contributed by atoms with van der Waals surface area (Å²) in [4.78, 5) is 12.3. The van der Waals surface area contributed by atoms with Crippen molar-refractivity contribution in [1.29, 1.82) is 0 Å². The van der Waals surface area contributed by atoms with E-state index in [9.17, 15) is 13.2 Å². The molecular formula is C12H17BrN2O3S. The number of aryl methyl sites for hydroxylation is 2. The van der Waals surface area contributed by atoms with Gasteiger partial charge >= 0.3 is 0 Å². The monoisotopic (exact) mass is 348 g/mol. The average Bonchev–Trinajstić information content (AvgIpc) is 2.55. The molecule has 0 N–H and O–H groups in total. The Kier molecular flexibility index (Phi) is 4.15. The number of hydrogen-bond donors (Lipinski definition) is 0. The van der Waals surface area contributed by atoms with Crippen molar-refractivity contribution in [2.45, 2.75) is 37.9 Å². The van der Waals surface area contributed by atoms with Gasteiger partial charge in [-0.3, -0.25) is 9.48 Å². The minimum absolute atomic E-state index is 0.113. The van der Waals surface area contributed by atoms with Gasteiger partial charge in [0.05, 0.1) is 28.0 Å². The van der Waals surface area contributed by atoms with Crippen LogP contribution in [-0.2, 0) is 28.1 Å². The number of aromatic nitrogens is 2. The van der Waals surface area contributed by atoms with Crippen molar-refractivity contribution in [3.8, 4) is 0 Å². The number of halogens is 1. The Labute approximate surface area is 121 Å². The van der Waals surface area contributed by atoms with Gasteiger partial charge in [-0.05, 0) is 35.7 Å². The molecule has 0 bridgehead atoms. The van der Waals surface area contributed by atoms with E-state index in [2.05, 4.69) is 21.0 Å². The van der Waals surface area contributed by atoms with E-state index in [1.807, 2.05) is 6.92 Å². The summed E-state index contributed by atoms with van der Waals surface area (Å²) in [5.74, 6) is -0.0852. The first kappa shape index (κ1) is 14.7. The quantitative estimate of drug-likeness (QED) is 0.831. The van der Waals surface area contributed by atoms with Gasteiger partial charge in [-0.2, -0.15) is 5.10 Å². The first-order valence-corrected chi connectivity index (χ1v) is 8.76. The van der Waals surface area contributed by atoms with Crippen molar-refractivity contribution < 1.29 is 13.2 Å². The highest BCUT2D eigenvalue weighted by Gasteiger charge is 2.35. The average molecular weight is 349 g/mol. The van der Waals surface area contributed by atoms with E-state index >= 15 is 0 Å². The van der Waals surface area contributed by atoms with Crippen LogP contribution in [0.1, 0.15) is 30.7 Å². The predicted octanol–water partition coefficient (Wildman–Crippen LogP) is 1.57. The molecule has 1 fully saturated rings. The highest BCUT2D eigenvalue weighted by molar-refractivity contribution is 9.10. The zero-order valence-corrected chi connectivity index (χ0v) is 13.4. The van der Waals surface area contributed by atoms with Crippen molar-refractivity contribution >= 4 is 31.6 Å². The van der Waals surface area contributed by atoms with Gasteiger partial charge in [0.15, 0.2) is 15.6 Å². The van der Waals surface area contributed by atoms with E-state index in [0.717, 1.165) is 22.3 Å². The first-order chi connectivity index (χ1) is 8.83. The molecule has 0 saturated carbocycles. The summed E-state index contributed by atoms with van der Waals surface area (Å²) in [6, 6.07) is 0. The van der Waals surface area contributed by atoms with Crippen molar-refractivity contribution in [2.24, 2.45) is 7.05 Å². The third-order valence-corrected chi connectivity index (χ3v) is 6.80. The maximum absolute atomic E-state index is 12.3. The summed E-state index contributed by atoms with van der Waals surface area (Å²) < 4.78 is 26.3. The second-order valence-electron chi connectivity index (χ2n) is 4.96. The Morgan fingerprint density at radius 2 is 2.16 bits per heavy atom. The summed E-state index contributed by atoms with van der Waals surface area (Å²) >= 11 is 3.40. The Hall–Kier alpha value is -0.690. The molecule has 0 aromatic carbocycles. The molecule has 1 saturated heterocycles. The number of carbonyl (C=O) groups is 1. The smallest absolute Gasteiger partial charge is 0.160 e. The largest absolute Gasteiger partial charge is 0.298 e. The lowest BCUT2D eigenvalue weighted by Gasteiger charge is -2.21. The molecule has 0 radical (unpaired) electrons. The van der Waals surface area contributed by atoms with Gasteiger partial charge in [0.1, 0.15) is 5.25 Å². The maximum Gasteiger partial charge on any atom is 0.160 e. The molecule has 5 nitrogen and oxygen atoms in total. The van der Waals surface area contributed by atoms with Crippen LogP contribution in [0.15, 0.2) is 4.47 Å². The van der Waals surface area contributed by atoms with Crippen molar-refractivity contribution in [1.82, 2.24) is 9.78 Å². The Morgan fingerprint density at radius 3 is 2.68 bits per heavy atom. The fourth-order valence-electron chi connectivity index (χ4n) is 2.47. The number of carbonyl (C=O) groups excluding carboxylic acids is 1. The SMILES string of the molecule is Cc1nn(C)c(CC(=O)C2CCCCS2(=O)=O)c1Br. The Bertz CT molecular complexity index is 607. The second kappa shape index (κ2) is 5.36. The van der Waals surface area contributed by atoms with E-state index < -0.39 is 15.1 Å². The lowest BCUT2D eigenvalue weighted by atomic mass is 10.1. The Morgan fingerprint density at radius 1 is 1.47 bits per heavy atom. The third kappa shape index (κ3) is 2.91. The van der Waals surface area contributed by atoms with Gasteiger partial charge in [-0.25, -0.2) is 8.42 Å². The summed E-state index contributed by atoms with van der Waals surface area (Å²) in [5, 5.41) is 3.38. The van der Waals surface area contributed by atoms with E-state index in [1.165, 1.54) is 0 Å². The van der Waals surface area contributed by atoms with Gasteiger partial charge < -0.3 is 0 Å². The molecule has 2 heterocycles. The minimum atomic E-state index is -3.26. The molecule has 1 atom stereocenters. The number of ketones is 1. The van der Waals surface area contributed by atoms with Crippen molar-refractivity contribution in [3.63, 3.8) is 0 Å². The fourth-order valence-corrected chi connectivity index (χ4v) is 4.84. The molecule has 1 aromatic rings. The lowest BCUT2D eigenvalue weighted by molar-refractivity contribution is -0.118. The normalized spacial score (nSPS) is 22.4. The van der Waals surface area contributed by atoms with Crippen LogP contribution in [0.2, 0.25) is 0 Å². The predicted molar refractivity (Wildman–Crippen MR) is 75.8 cm³/mol. The maximum atomic E-state index is 12.3. The molecule has 0 spiro atoms. The summed E-state index contributed by atoms with van der Waals surface area (Å²) in [6.45, 7) is 1.84. The van der Waals surface area contributed by atoms with E-state index in [1.54, 1.807) is 11.7 Å². The van der Waals surface area contributed by atoms with Gasteiger partial charge in [0.25, 0.3) is 0 Å². The van der Waals surface area contributed by atoms with Gasteiger partial charge in [0.2, 0.25) is 0 Å². The van der Waals surface area contributed by atoms with Gasteiger partial charge in [0, 0.05) is 7.05 Å². The Balaban J connectivity index is 2.21. The number of nitrogens with zero attached hydrogens (tertiary/aromatic N) is 2. The topological polar surface area (TPSA) is 69.0 Å². The van der Waals surface area contributed by atoms with Crippen LogP contribution in [0, 0.1) is 6.92 Å². The van der Waals surface area contributed by atoms with Gasteiger partial charge in [-0.15, -0.1) is 0 Å². The van der Waals surface area contributed by atoms with Gasteiger partial charge in [-0.1, -0.05) is 6.42 Å². The minimum Gasteiger partial charge on any atom is -0.298 e. The molecule has 1 aliphatic rings. The number of rotatable bonds is 3. The molecule has 1 unspecified atom stereocenters. The molecule has 19 heavy (non-hydrogen) atoms. The van der Waals surface area contributed by atoms with E-state index in [4.69, 9.17) is 0 Å². The van der Waals surface area contributed by atoms with Crippen LogP contribution in [0.3, 0.4) is 0 Å². The highest BCUT2D eigenvalue weighted by Crippen LogP contribution is 2.25. The highest BCUT2D eigenvalue weighted by atomic mass is 79.9. The first-order valence-electron chi connectivity index (χ1n) is 6.25. The van der Waals surface area contributed by atoms with Crippen molar-refractivity contribution in [2.75, 3.05) is 5.75 Å². The zero-order valence-electron chi connectivity index (χ0n) is 11.0. The van der Waals surface area contributed by atoms with Crippen LogP contribution in [0.5, 0.6) is 0 Å². The molecule has 1 aromatic heterocycles. The lowest BCUT2D eigenvalue weighted by Crippen LogP contribution is -2.36. The second-order valence-corrected chi connectivity index (χ2v) is 8.06. The molecular weight excluding hydrogens is 332 g/mol. The summed E-state index contributed by atoms with van der Waals surface area (Å²) in [7, 11) is -1.50. The summed E-state index contributed by atoms with van der Waals surface area (Å²) in [5.41, 5.74) is 1.54. The van der Waals surface area contributed by atoms with E-state index in [0.29, 0.717) is 12.8 Å². The molecule has 106 valence electrons. The van der Waals surface area contributed by atoms with Crippen LogP contribution in [0.25, 0.3) is 0 Å². The van der Waals surface area contributed by atoms with Crippen LogP contribution >= 0.6 is 15.9 Å². The zero-order chi connectivity index (χ0) is 14.2. The van der Waals surface area contributed by atoms with Crippen molar-refractivity contribution in [3.05, 3.63) is 15.9 Å².